The largest absolute Gasteiger partial charge is 0.671 e. The van der Waals surface area contributed by atoms with Crippen molar-refractivity contribution in [3.8, 4) is 0 Å². The van der Waals surface area contributed by atoms with Crippen molar-refractivity contribution in [1.82, 2.24) is 0 Å². The fourth-order valence-electron chi connectivity index (χ4n) is 0.738. The Morgan fingerprint density at radius 1 is 1.08 bits per heavy atom. The van der Waals surface area contributed by atoms with E-state index in [1.54, 1.807) is 0 Å². The van der Waals surface area contributed by atoms with Gasteiger partial charge in [-0.1, -0.05) is 26.2 Å². The van der Waals surface area contributed by atoms with Crippen LogP contribution in [0.25, 0.3) is 0 Å². The molecule has 0 aromatic carbocycles. The molecular formula is C6H16O4RbSi. The second kappa shape index (κ2) is 9.42. The summed E-state index contributed by atoms with van der Waals surface area (Å²) in [5.74, 6) is 0. The van der Waals surface area contributed by atoms with Crippen LogP contribution in [0, 0.1) is 0 Å². The minimum atomic E-state index is -4.22. The third-order valence-electron chi connectivity index (χ3n) is 1.29. The summed E-state index contributed by atoms with van der Waals surface area (Å²) in [7, 11) is -4.22. The van der Waals surface area contributed by atoms with Crippen molar-refractivity contribution in [2.75, 3.05) is 6.61 Å². The second-order valence-electron chi connectivity index (χ2n) is 2.48. The van der Waals surface area contributed by atoms with Gasteiger partial charge in [-0.2, -0.15) is 0 Å². The van der Waals surface area contributed by atoms with Crippen LogP contribution in [-0.4, -0.2) is 88.2 Å². The first-order valence-electron chi connectivity index (χ1n) is 3.87. The van der Waals surface area contributed by atoms with Crippen molar-refractivity contribution >= 4 is 67.2 Å². The van der Waals surface area contributed by atoms with Gasteiger partial charge in [0.25, 0.3) is 0 Å². The Kier molecular flexibility index (Phi) is 12.8. The standard InChI is InChI=1S/C6H16O4Si.Rb/c1-2-3-4-5-6-10-11(7,8)9;/h7-9H,2-6H2,1H3;. The van der Waals surface area contributed by atoms with Gasteiger partial charge in [-0.25, -0.2) is 0 Å². The maximum Gasteiger partial charge on any atom is 0.671 e. The molecule has 0 aliphatic carbocycles. The summed E-state index contributed by atoms with van der Waals surface area (Å²) in [6, 6.07) is 0. The van der Waals surface area contributed by atoms with Gasteiger partial charge in [0.05, 0.1) is 0 Å². The van der Waals surface area contributed by atoms with E-state index < -0.39 is 9.05 Å². The molecule has 0 saturated carbocycles. The molecule has 4 nitrogen and oxygen atoms in total. The molecule has 0 saturated heterocycles. The average Bonchev–Trinajstić information content (AvgIpc) is 1.85. The summed E-state index contributed by atoms with van der Waals surface area (Å²) in [6.07, 6.45) is 4.01. The maximum absolute atomic E-state index is 8.40. The molecule has 12 heavy (non-hydrogen) atoms. The third-order valence-corrected chi connectivity index (χ3v) is 1.89. The first-order valence-corrected chi connectivity index (χ1v) is 5.62. The van der Waals surface area contributed by atoms with E-state index in [1.807, 2.05) is 0 Å². The fourth-order valence-corrected chi connectivity index (χ4v) is 1.16. The van der Waals surface area contributed by atoms with Gasteiger partial charge in [-0.05, 0) is 6.42 Å². The third kappa shape index (κ3) is 14.4. The topological polar surface area (TPSA) is 69.9 Å². The van der Waals surface area contributed by atoms with Gasteiger partial charge in [-0.3, -0.25) is 0 Å². The molecular weight excluding hydrogens is 250 g/mol. The molecule has 0 rings (SSSR count). The molecule has 0 aliphatic rings. The molecule has 0 unspecified atom stereocenters. The second-order valence-corrected chi connectivity index (χ2v) is 3.92. The van der Waals surface area contributed by atoms with Crippen molar-refractivity contribution in [3.05, 3.63) is 0 Å². The molecule has 0 spiro atoms. The van der Waals surface area contributed by atoms with E-state index >= 15 is 0 Å². The zero-order valence-corrected chi connectivity index (χ0v) is 13.7. The molecule has 0 aromatic rings. The molecule has 69 valence electrons. The smallest absolute Gasteiger partial charge is 0.368 e. The SMILES string of the molecule is CCCCCCO[Si](O)(O)O.[Rb]. The van der Waals surface area contributed by atoms with Crippen molar-refractivity contribution < 1.29 is 18.8 Å². The Balaban J connectivity index is 0. The molecule has 6 heteroatoms. The number of unbranched alkanes of at least 4 members (excludes halogenated alkanes) is 3. The zero-order chi connectivity index (χ0) is 8.74. The summed E-state index contributed by atoms with van der Waals surface area (Å²) in [5, 5.41) is 0. The minimum Gasteiger partial charge on any atom is -0.368 e. The summed E-state index contributed by atoms with van der Waals surface area (Å²) < 4.78 is 4.38. The summed E-state index contributed by atoms with van der Waals surface area (Å²) in [5.41, 5.74) is 0. The molecule has 1 radical (unpaired) electrons. The molecule has 0 fully saturated rings. The molecule has 3 N–H and O–H groups in total. The molecule has 0 heterocycles. The zero-order valence-electron chi connectivity index (χ0n) is 7.79. The Morgan fingerprint density at radius 2 is 1.67 bits per heavy atom. The quantitative estimate of drug-likeness (QED) is 0.452. The summed E-state index contributed by atoms with van der Waals surface area (Å²) in [6.45, 7) is 2.32. The van der Waals surface area contributed by atoms with Gasteiger partial charge in [0, 0.05) is 64.8 Å². The number of rotatable bonds is 6. The van der Waals surface area contributed by atoms with Gasteiger partial charge in [-0.15, -0.1) is 0 Å². The first-order chi connectivity index (χ1) is 5.06. The monoisotopic (exact) mass is 265 g/mol. The van der Waals surface area contributed by atoms with Gasteiger partial charge in [0.1, 0.15) is 0 Å². The van der Waals surface area contributed by atoms with E-state index in [1.165, 1.54) is 0 Å². The van der Waals surface area contributed by atoms with Gasteiger partial charge in [0.2, 0.25) is 0 Å². The predicted molar refractivity (Wildman–Crippen MR) is 48.3 cm³/mol. The van der Waals surface area contributed by atoms with E-state index in [2.05, 4.69) is 11.3 Å². The maximum atomic E-state index is 8.40. The van der Waals surface area contributed by atoms with Crippen molar-refractivity contribution in [2.24, 2.45) is 0 Å². The van der Waals surface area contributed by atoms with E-state index in [9.17, 15) is 0 Å². The van der Waals surface area contributed by atoms with Crippen molar-refractivity contribution in [2.45, 2.75) is 32.6 Å². The fraction of sp³-hybridized carbons (Fsp3) is 1.00. The van der Waals surface area contributed by atoms with Crippen LogP contribution in [0.4, 0.5) is 0 Å². The van der Waals surface area contributed by atoms with Crippen LogP contribution in [0.3, 0.4) is 0 Å². The Labute approximate surface area is 123 Å². The van der Waals surface area contributed by atoms with Crippen LogP contribution in [0.1, 0.15) is 32.6 Å². The van der Waals surface area contributed by atoms with Crippen LogP contribution in [0.2, 0.25) is 0 Å². The normalized spacial score (nSPS) is 11.0. The van der Waals surface area contributed by atoms with Crippen molar-refractivity contribution in [1.29, 1.82) is 0 Å². The van der Waals surface area contributed by atoms with Crippen LogP contribution >= 0.6 is 0 Å². The van der Waals surface area contributed by atoms with E-state index in [4.69, 9.17) is 14.4 Å². The van der Waals surface area contributed by atoms with E-state index in [0.717, 1.165) is 25.7 Å². The first kappa shape index (κ1) is 16.3. The van der Waals surface area contributed by atoms with Crippen molar-refractivity contribution in [3.63, 3.8) is 0 Å². The number of hydrogen-bond donors (Lipinski definition) is 3. The molecule has 0 aromatic heterocycles. The Bertz CT molecular complexity index is 96.0. The Morgan fingerprint density at radius 3 is 2.08 bits per heavy atom. The van der Waals surface area contributed by atoms with Crippen LogP contribution in [0.15, 0.2) is 0 Å². The van der Waals surface area contributed by atoms with E-state index in [0.29, 0.717) is 0 Å². The molecule has 0 bridgehead atoms. The van der Waals surface area contributed by atoms with Crippen LogP contribution in [-0.2, 0) is 4.43 Å². The van der Waals surface area contributed by atoms with E-state index in [-0.39, 0.29) is 64.8 Å². The molecule has 0 amide bonds. The number of hydrogen-bond acceptors (Lipinski definition) is 4. The predicted octanol–water partition coefficient (Wildman–Crippen LogP) is -0.385. The minimum absolute atomic E-state index is 0. The Hall–Kier alpha value is 1.86. The van der Waals surface area contributed by atoms with Crippen LogP contribution < -0.4 is 0 Å². The molecule has 0 aliphatic heterocycles. The van der Waals surface area contributed by atoms with Gasteiger partial charge >= 0.3 is 9.05 Å². The van der Waals surface area contributed by atoms with Gasteiger partial charge < -0.3 is 18.8 Å². The molecule has 0 atom stereocenters. The van der Waals surface area contributed by atoms with Gasteiger partial charge in [0.15, 0.2) is 0 Å². The average molecular weight is 266 g/mol. The van der Waals surface area contributed by atoms with Crippen LogP contribution in [0.5, 0.6) is 0 Å². The summed E-state index contributed by atoms with van der Waals surface area (Å²) in [4.78, 5) is 25.2. The summed E-state index contributed by atoms with van der Waals surface area (Å²) >= 11 is 0.